The summed E-state index contributed by atoms with van der Waals surface area (Å²) in [5.74, 6) is -0.630. The van der Waals surface area contributed by atoms with E-state index in [1.54, 1.807) is 36.4 Å². The van der Waals surface area contributed by atoms with Crippen LogP contribution in [0.4, 0.5) is 5.69 Å². The van der Waals surface area contributed by atoms with E-state index < -0.39 is 5.97 Å². The van der Waals surface area contributed by atoms with E-state index in [2.05, 4.69) is 10.3 Å². The minimum Gasteiger partial charge on any atom is -0.422 e. The Morgan fingerprint density at radius 3 is 2.48 bits per heavy atom. The Morgan fingerprint density at radius 2 is 1.80 bits per heavy atom. The number of carbonyl (C=O) groups is 2. The van der Waals surface area contributed by atoms with Crippen molar-refractivity contribution in [2.75, 3.05) is 5.32 Å². The zero-order valence-corrected chi connectivity index (χ0v) is 14.9. The van der Waals surface area contributed by atoms with Gasteiger partial charge in [-0.1, -0.05) is 29.3 Å². The van der Waals surface area contributed by atoms with Crippen molar-refractivity contribution in [2.45, 2.75) is 0 Å². The molecule has 0 spiro atoms. The van der Waals surface area contributed by atoms with Crippen molar-refractivity contribution in [3.05, 3.63) is 74.7 Å². The highest BCUT2D eigenvalue weighted by Crippen LogP contribution is 2.21. The molecule has 0 aliphatic rings. The lowest BCUT2D eigenvalue weighted by molar-refractivity contribution is 0.0728. The number of anilines is 1. The van der Waals surface area contributed by atoms with Gasteiger partial charge in [0.2, 0.25) is 0 Å². The molecule has 0 aliphatic heterocycles. The number of benzene rings is 1. The first-order chi connectivity index (χ1) is 12.0. The van der Waals surface area contributed by atoms with Gasteiger partial charge >= 0.3 is 5.97 Å². The highest BCUT2D eigenvalue weighted by molar-refractivity contribution is 7.12. The van der Waals surface area contributed by atoms with Gasteiger partial charge in [-0.05, 0) is 47.8 Å². The van der Waals surface area contributed by atoms with Gasteiger partial charge in [-0.15, -0.1) is 11.3 Å². The van der Waals surface area contributed by atoms with Crippen molar-refractivity contribution in [2.24, 2.45) is 0 Å². The van der Waals surface area contributed by atoms with E-state index in [9.17, 15) is 9.59 Å². The molecule has 0 aliphatic carbocycles. The molecule has 0 fully saturated rings. The summed E-state index contributed by atoms with van der Waals surface area (Å²) in [5.41, 5.74) is 0.515. The van der Waals surface area contributed by atoms with E-state index in [0.717, 1.165) is 0 Å². The van der Waals surface area contributed by atoms with Gasteiger partial charge in [-0.2, -0.15) is 0 Å². The van der Waals surface area contributed by atoms with Crippen LogP contribution in [0, 0.1) is 0 Å². The minimum absolute atomic E-state index is 0.0655. The standard InChI is InChI=1S/C17H10Cl2N2O3S/c18-12-7-8-14(19)21-15(12)17(23)24-11-5-3-10(4-6-11)20-16(22)13-2-1-9-25-13/h1-9H,(H,20,22). The number of hydrogen-bond acceptors (Lipinski definition) is 5. The van der Waals surface area contributed by atoms with Gasteiger partial charge in [-0.25, -0.2) is 9.78 Å². The lowest BCUT2D eigenvalue weighted by Gasteiger charge is -2.07. The summed E-state index contributed by atoms with van der Waals surface area (Å²) < 4.78 is 5.21. The Balaban J connectivity index is 1.67. The maximum atomic E-state index is 12.1. The molecule has 1 N–H and O–H groups in total. The zero-order valence-electron chi connectivity index (χ0n) is 12.5. The molecule has 0 unspecified atom stereocenters. The average Bonchev–Trinajstić information content (AvgIpc) is 3.13. The summed E-state index contributed by atoms with van der Waals surface area (Å²) in [4.78, 5) is 28.5. The van der Waals surface area contributed by atoms with Crippen molar-refractivity contribution in [3.63, 3.8) is 0 Å². The van der Waals surface area contributed by atoms with Crippen LogP contribution < -0.4 is 10.1 Å². The molecule has 8 heteroatoms. The summed E-state index contributed by atoms with van der Waals surface area (Å²) in [7, 11) is 0. The number of rotatable bonds is 4. The largest absolute Gasteiger partial charge is 0.422 e. The number of nitrogens with one attached hydrogen (secondary N) is 1. The van der Waals surface area contributed by atoms with Crippen molar-refractivity contribution < 1.29 is 14.3 Å². The Bertz CT molecular complexity index is 912. The summed E-state index contributed by atoms with van der Waals surface area (Å²) in [5, 5.41) is 4.87. The molecular formula is C17H10Cl2N2O3S. The number of nitrogens with zero attached hydrogens (tertiary/aromatic N) is 1. The molecule has 3 rings (SSSR count). The molecular weight excluding hydrogens is 383 g/mol. The number of carbonyl (C=O) groups excluding carboxylic acids is 2. The summed E-state index contributed by atoms with van der Waals surface area (Å²) in [6.45, 7) is 0. The van der Waals surface area contributed by atoms with Gasteiger partial charge in [0.1, 0.15) is 10.9 Å². The first-order valence-electron chi connectivity index (χ1n) is 7.02. The smallest absolute Gasteiger partial charge is 0.363 e. The molecule has 25 heavy (non-hydrogen) atoms. The molecule has 0 bridgehead atoms. The van der Waals surface area contributed by atoms with Crippen molar-refractivity contribution in [1.29, 1.82) is 0 Å². The number of ether oxygens (including phenoxy) is 1. The van der Waals surface area contributed by atoms with E-state index in [4.69, 9.17) is 27.9 Å². The number of hydrogen-bond donors (Lipinski definition) is 1. The Kier molecular flexibility index (Phi) is 5.33. The highest BCUT2D eigenvalue weighted by atomic mass is 35.5. The lowest BCUT2D eigenvalue weighted by Crippen LogP contribution is -2.12. The molecule has 0 radical (unpaired) electrons. The molecule has 0 saturated carbocycles. The maximum absolute atomic E-state index is 12.1. The lowest BCUT2D eigenvalue weighted by atomic mass is 10.3. The number of esters is 1. The topological polar surface area (TPSA) is 68.3 Å². The maximum Gasteiger partial charge on any atom is 0.363 e. The second kappa shape index (κ2) is 7.65. The third kappa shape index (κ3) is 4.36. The van der Waals surface area contributed by atoms with Crippen LogP contribution in [-0.2, 0) is 0 Å². The molecule has 0 saturated heterocycles. The van der Waals surface area contributed by atoms with Crippen LogP contribution in [0.25, 0.3) is 0 Å². The number of halogens is 2. The first-order valence-corrected chi connectivity index (χ1v) is 8.65. The Hall–Kier alpha value is -2.41. The van der Waals surface area contributed by atoms with E-state index in [1.807, 2.05) is 5.38 Å². The van der Waals surface area contributed by atoms with Crippen LogP contribution in [0.3, 0.4) is 0 Å². The second-order valence-electron chi connectivity index (χ2n) is 4.81. The van der Waals surface area contributed by atoms with Crippen LogP contribution in [-0.4, -0.2) is 16.9 Å². The molecule has 2 heterocycles. The molecule has 126 valence electrons. The van der Waals surface area contributed by atoms with E-state index in [1.165, 1.54) is 23.5 Å². The van der Waals surface area contributed by atoms with Gasteiger partial charge in [0, 0.05) is 5.69 Å². The number of pyridine rings is 1. The highest BCUT2D eigenvalue weighted by Gasteiger charge is 2.15. The van der Waals surface area contributed by atoms with Crippen LogP contribution in [0.15, 0.2) is 53.9 Å². The van der Waals surface area contributed by atoms with Gasteiger partial charge in [0.25, 0.3) is 5.91 Å². The van der Waals surface area contributed by atoms with Crippen molar-refractivity contribution >= 4 is 52.1 Å². The normalized spacial score (nSPS) is 10.3. The minimum atomic E-state index is -0.720. The monoisotopic (exact) mass is 392 g/mol. The fourth-order valence-corrected chi connectivity index (χ4v) is 2.87. The summed E-state index contributed by atoms with van der Waals surface area (Å²) in [6.07, 6.45) is 0. The van der Waals surface area contributed by atoms with Gasteiger partial charge in [-0.3, -0.25) is 4.79 Å². The van der Waals surface area contributed by atoms with Gasteiger partial charge < -0.3 is 10.1 Å². The van der Waals surface area contributed by atoms with E-state index >= 15 is 0 Å². The van der Waals surface area contributed by atoms with Crippen molar-refractivity contribution in [3.8, 4) is 5.75 Å². The number of amides is 1. The average molecular weight is 393 g/mol. The van der Waals surface area contributed by atoms with Crippen LogP contribution >= 0.6 is 34.5 Å². The molecule has 1 amide bonds. The molecule has 3 aromatic rings. The van der Waals surface area contributed by atoms with Crippen LogP contribution in [0.2, 0.25) is 10.2 Å². The van der Waals surface area contributed by atoms with E-state index in [0.29, 0.717) is 10.6 Å². The SMILES string of the molecule is O=C(Nc1ccc(OC(=O)c2nc(Cl)ccc2Cl)cc1)c1cccs1. The number of aromatic nitrogens is 1. The van der Waals surface area contributed by atoms with E-state index in [-0.39, 0.29) is 27.5 Å². The molecule has 0 atom stereocenters. The Labute approximate surface area is 157 Å². The van der Waals surface area contributed by atoms with Crippen molar-refractivity contribution in [1.82, 2.24) is 4.98 Å². The predicted octanol–water partition coefficient (Wildman–Crippen LogP) is 4.92. The van der Waals surface area contributed by atoms with Gasteiger partial charge in [0.15, 0.2) is 5.69 Å². The fourth-order valence-electron chi connectivity index (χ4n) is 1.92. The third-order valence-electron chi connectivity index (χ3n) is 3.07. The third-order valence-corrected chi connectivity index (χ3v) is 4.46. The van der Waals surface area contributed by atoms with Crippen LogP contribution in [0.5, 0.6) is 5.75 Å². The molecule has 1 aromatic carbocycles. The van der Waals surface area contributed by atoms with Gasteiger partial charge in [0.05, 0.1) is 9.90 Å². The number of thiophene rings is 1. The van der Waals surface area contributed by atoms with Crippen LogP contribution in [0.1, 0.15) is 20.2 Å². The quantitative estimate of drug-likeness (QED) is 0.388. The molecule has 5 nitrogen and oxygen atoms in total. The molecule has 2 aromatic heterocycles. The first kappa shape index (κ1) is 17.4. The fraction of sp³-hybridized carbons (Fsp3) is 0. The predicted molar refractivity (Wildman–Crippen MR) is 97.9 cm³/mol. The summed E-state index contributed by atoms with van der Waals surface area (Å²) >= 11 is 13.0. The zero-order chi connectivity index (χ0) is 17.8. The summed E-state index contributed by atoms with van der Waals surface area (Å²) in [6, 6.07) is 12.8. The second-order valence-corrected chi connectivity index (χ2v) is 6.55. The Morgan fingerprint density at radius 1 is 1.04 bits per heavy atom.